The minimum Gasteiger partial charge on any atom is -0.497 e. The van der Waals surface area contributed by atoms with Gasteiger partial charge >= 0.3 is 5.69 Å². The Morgan fingerprint density at radius 1 is 1.19 bits per heavy atom. The number of nitrogens with zero attached hydrogens (tertiary/aromatic N) is 3. The lowest BCUT2D eigenvalue weighted by atomic mass is 10.2. The zero-order valence-corrected chi connectivity index (χ0v) is 18.2. The van der Waals surface area contributed by atoms with Crippen LogP contribution in [0.5, 0.6) is 5.75 Å². The Morgan fingerprint density at radius 3 is 2.55 bits per heavy atom. The molecule has 3 rings (SSSR count). The number of aromatic nitrogens is 3. The molecule has 9 heteroatoms. The Balaban J connectivity index is 2.17. The van der Waals surface area contributed by atoms with Crippen molar-refractivity contribution < 1.29 is 9.53 Å². The zero-order chi connectivity index (χ0) is 22.5. The lowest BCUT2D eigenvalue weighted by Gasteiger charge is -2.14. The smallest absolute Gasteiger partial charge is 0.352 e. The number of methoxy groups -OCH3 is 1. The van der Waals surface area contributed by atoms with Crippen molar-refractivity contribution in [1.29, 1.82) is 0 Å². The number of hydrogen-bond donors (Lipinski definition) is 1. The second kappa shape index (κ2) is 9.61. The number of carbonyl (C=O) groups is 1. The molecule has 8 nitrogen and oxygen atoms in total. The number of benzene rings is 2. The average Bonchev–Trinajstić information content (AvgIpc) is 2.77. The first kappa shape index (κ1) is 22.3. The van der Waals surface area contributed by atoms with Gasteiger partial charge in [0.25, 0.3) is 11.5 Å². The Labute approximate surface area is 184 Å². The summed E-state index contributed by atoms with van der Waals surface area (Å²) in [4.78, 5) is 39.0. The normalized spacial score (nSPS) is 11.7. The standard InChI is InChI=1S/C22H23ClN4O4/c1-4-14(2)24-20(28)19-21(29)26(13-15-6-5-7-18(12-15)31-3)22(30)27(25-19)17-10-8-16(23)9-11-17/h5-12,14H,4,13H2,1-3H3,(H,24,28). The van der Waals surface area contributed by atoms with Crippen LogP contribution in [0, 0.1) is 0 Å². The van der Waals surface area contributed by atoms with Crippen LogP contribution in [0.3, 0.4) is 0 Å². The maximum atomic E-state index is 13.2. The molecule has 1 unspecified atom stereocenters. The minimum absolute atomic E-state index is 0.0470. The summed E-state index contributed by atoms with van der Waals surface area (Å²) >= 11 is 5.95. The maximum absolute atomic E-state index is 13.2. The van der Waals surface area contributed by atoms with E-state index < -0.39 is 17.2 Å². The van der Waals surface area contributed by atoms with Crippen molar-refractivity contribution in [3.63, 3.8) is 0 Å². The van der Waals surface area contributed by atoms with E-state index in [1.807, 2.05) is 13.8 Å². The van der Waals surface area contributed by atoms with Crippen LogP contribution in [-0.2, 0) is 6.54 Å². The molecule has 31 heavy (non-hydrogen) atoms. The van der Waals surface area contributed by atoms with E-state index in [1.165, 1.54) is 7.11 Å². The number of rotatable bonds is 7. The van der Waals surface area contributed by atoms with Gasteiger partial charge < -0.3 is 10.1 Å². The summed E-state index contributed by atoms with van der Waals surface area (Å²) in [5.41, 5.74) is -0.751. The van der Waals surface area contributed by atoms with E-state index in [0.717, 1.165) is 9.25 Å². The summed E-state index contributed by atoms with van der Waals surface area (Å²) in [5.74, 6) is -0.0474. The van der Waals surface area contributed by atoms with Crippen LogP contribution >= 0.6 is 11.6 Å². The summed E-state index contributed by atoms with van der Waals surface area (Å²) in [6.45, 7) is 3.69. The quantitative estimate of drug-likeness (QED) is 0.607. The number of nitrogens with one attached hydrogen (secondary N) is 1. The highest BCUT2D eigenvalue weighted by atomic mass is 35.5. The molecule has 0 fully saturated rings. The fourth-order valence-electron chi connectivity index (χ4n) is 2.89. The third-order valence-corrected chi connectivity index (χ3v) is 5.06. The molecule has 1 heterocycles. The number of halogens is 1. The number of ether oxygens (including phenoxy) is 1. The van der Waals surface area contributed by atoms with Crippen LogP contribution in [0.15, 0.2) is 58.1 Å². The lowest BCUT2D eigenvalue weighted by Crippen LogP contribution is -2.47. The van der Waals surface area contributed by atoms with Gasteiger partial charge in [-0.25, -0.2) is 4.79 Å². The minimum atomic E-state index is -0.765. The molecule has 1 atom stereocenters. The van der Waals surface area contributed by atoms with Crippen LogP contribution in [0.2, 0.25) is 5.02 Å². The predicted molar refractivity (Wildman–Crippen MR) is 118 cm³/mol. The second-order valence-electron chi connectivity index (χ2n) is 7.04. The van der Waals surface area contributed by atoms with E-state index in [-0.39, 0.29) is 18.3 Å². The summed E-state index contributed by atoms with van der Waals surface area (Å²) in [6, 6.07) is 13.2. The number of amides is 1. The predicted octanol–water partition coefficient (Wildman–Crippen LogP) is 2.63. The van der Waals surface area contributed by atoms with Crippen LogP contribution in [0.4, 0.5) is 0 Å². The van der Waals surface area contributed by atoms with Crippen LogP contribution in [0.1, 0.15) is 36.3 Å². The molecule has 0 saturated heterocycles. The molecule has 3 aromatic rings. The summed E-state index contributed by atoms with van der Waals surface area (Å²) < 4.78 is 7.23. The first-order chi connectivity index (χ1) is 14.8. The van der Waals surface area contributed by atoms with E-state index in [9.17, 15) is 14.4 Å². The van der Waals surface area contributed by atoms with Crippen LogP contribution < -0.4 is 21.3 Å². The van der Waals surface area contributed by atoms with Crippen LogP contribution in [0.25, 0.3) is 5.69 Å². The molecule has 1 N–H and O–H groups in total. The number of hydrogen-bond acceptors (Lipinski definition) is 5. The molecule has 1 aromatic heterocycles. The van der Waals surface area contributed by atoms with E-state index in [0.29, 0.717) is 28.4 Å². The van der Waals surface area contributed by atoms with Gasteiger partial charge in [0, 0.05) is 11.1 Å². The molecule has 162 valence electrons. The molecule has 0 radical (unpaired) electrons. The van der Waals surface area contributed by atoms with Crippen LogP contribution in [-0.4, -0.2) is 33.4 Å². The molecular weight excluding hydrogens is 420 g/mol. The van der Waals surface area contributed by atoms with Crippen molar-refractivity contribution in [2.24, 2.45) is 0 Å². The van der Waals surface area contributed by atoms with E-state index in [1.54, 1.807) is 48.5 Å². The molecule has 0 bridgehead atoms. The van der Waals surface area contributed by atoms with Gasteiger partial charge in [-0.1, -0.05) is 30.7 Å². The third-order valence-electron chi connectivity index (χ3n) is 4.81. The molecule has 0 aliphatic rings. The molecule has 1 amide bonds. The van der Waals surface area contributed by atoms with Crippen molar-refractivity contribution in [3.05, 3.63) is 85.6 Å². The third kappa shape index (κ3) is 5.03. The SMILES string of the molecule is CCC(C)NC(=O)c1nn(-c2ccc(Cl)cc2)c(=O)n(Cc2cccc(OC)c2)c1=O. The Hall–Kier alpha value is -3.39. The monoisotopic (exact) mass is 442 g/mol. The van der Waals surface area contributed by atoms with Gasteiger partial charge in [0.2, 0.25) is 5.69 Å². The van der Waals surface area contributed by atoms with Gasteiger partial charge in [0.15, 0.2) is 0 Å². The highest BCUT2D eigenvalue weighted by Crippen LogP contribution is 2.14. The zero-order valence-electron chi connectivity index (χ0n) is 17.5. The fraction of sp³-hybridized carbons (Fsp3) is 0.273. The van der Waals surface area contributed by atoms with Gasteiger partial charge in [-0.05, 0) is 55.3 Å². The molecular formula is C22H23ClN4O4. The molecule has 2 aromatic carbocycles. The van der Waals surface area contributed by atoms with Gasteiger partial charge in [0.1, 0.15) is 5.75 Å². The van der Waals surface area contributed by atoms with Crippen molar-refractivity contribution in [1.82, 2.24) is 19.7 Å². The molecule has 0 aliphatic heterocycles. The van der Waals surface area contributed by atoms with E-state index >= 15 is 0 Å². The first-order valence-electron chi connectivity index (χ1n) is 9.78. The second-order valence-corrected chi connectivity index (χ2v) is 7.48. The van der Waals surface area contributed by atoms with Crippen molar-refractivity contribution >= 4 is 17.5 Å². The first-order valence-corrected chi connectivity index (χ1v) is 10.2. The molecule has 0 saturated carbocycles. The van der Waals surface area contributed by atoms with Gasteiger partial charge in [0.05, 0.1) is 19.3 Å². The maximum Gasteiger partial charge on any atom is 0.352 e. The van der Waals surface area contributed by atoms with Crippen molar-refractivity contribution in [3.8, 4) is 11.4 Å². The van der Waals surface area contributed by atoms with E-state index in [2.05, 4.69) is 10.4 Å². The fourth-order valence-corrected chi connectivity index (χ4v) is 3.02. The summed E-state index contributed by atoms with van der Waals surface area (Å²) in [5, 5.41) is 7.30. The Bertz CT molecular complexity index is 1200. The summed E-state index contributed by atoms with van der Waals surface area (Å²) in [6.07, 6.45) is 0.681. The van der Waals surface area contributed by atoms with Gasteiger partial charge in [-0.3, -0.25) is 14.2 Å². The molecule has 0 aliphatic carbocycles. The Kier molecular flexibility index (Phi) is 6.91. The number of carbonyl (C=O) groups excluding carboxylic acids is 1. The van der Waals surface area contributed by atoms with Crippen molar-refractivity contribution in [2.45, 2.75) is 32.9 Å². The van der Waals surface area contributed by atoms with Gasteiger partial charge in [-0.15, -0.1) is 0 Å². The largest absolute Gasteiger partial charge is 0.497 e. The highest BCUT2D eigenvalue weighted by Gasteiger charge is 2.21. The highest BCUT2D eigenvalue weighted by molar-refractivity contribution is 6.30. The lowest BCUT2D eigenvalue weighted by molar-refractivity contribution is 0.0929. The molecule has 0 spiro atoms. The topological polar surface area (TPSA) is 95.2 Å². The average molecular weight is 443 g/mol. The summed E-state index contributed by atoms with van der Waals surface area (Å²) in [7, 11) is 1.53. The Morgan fingerprint density at radius 2 is 1.90 bits per heavy atom. The van der Waals surface area contributed by atoms with Gasteiger partial charge in [-0.2, -0.15) is 9.78 Å². The van der Waals surface area contributed by atoms with Crippen molar-refractivity contribution in [2.75, 3.05) is 7.11 Å². The van der Waals surface area contributed by atoms with E-state index in [4.69, 9.17) is 16.3 Å².